The number of hydrogen-bond acceptors (Lipinski definition) is 4. The summed E-state index contributed by atoms with van der Waals surface area (Å²) in [6.07, 6.45) is 3.48. The molecule has 1 aromatic heterocycles. The molecule has 7 nitrogen and oxygen atoms in total. The van der Waals surface area contributed by atoms with Gasteiger partial charge in [0.2, 0.25) is 11.8 Å². The molecule has 0 fully saturated rings. The number of anilines is 1. The molecule has 0 saturated carbocycles. The number of amides is 2. The Labute approximate surface area is 99.1 Å². The van der Waals surface area contributed by atoms with Gasteiger partial charge in [-0.15, -0.1) is 0 Å². The SMILES string of the molecule is CCC(C)(N)C(=O)Nc1cnn(CC(N)=O)c1. The first-order valence-corrected chi connectivity index (χ1v) is 5.26. The van der Waals surface area contributed by atoms with Gasteiger partial charge < -0.3 is 16.8 Å². The Morgan fingerprint density at radius 1 is 1.59 bits per heavy atom. The zero-order valence-corrected chi connectivity index (χ0v) is 9.93. The molecule has 0 aliphatic heterocycles. The number of carbonyl (C=O) groups excluding carboxylic acids is 2. The number of nitrogens with one attached hydrogen (secondary N) is 1. The van der Waals surface area contributed by atoms with E-state index in [1.807, 2.05) is 6.92 Å². The topological polar surface area (TPSA) is 116 Å². The molecule has 1 rings (SSSR count). The quantitative estimate of drug-likeness (QED) is 0.638. The fourth-order valence-corrected chi connectivity index (χ4v) is 1.11. The van der Waals surface area contributed by atoms with Crippen LogP contribution in [0, 0.1) is 0 Å². The number of primary amides is 1. The third-order valence-electron chi connectivity index (χ3n) is 2.46. The number of rotatable bonds is 5. The Balaban J connectivity index is 2.67. The maximum atomic E-state index is 11.7. The van der Waals surface area contributed by atoms with E-state index in [1.54, 1.807) is 6.92 Å². The van der Waals surface area contributed by atoms with Gasteiger partial charge in [-0.1, -0.05) is 6.92 Å². The molecule has 1 atom stereocenters. The minimum atomic E-state index is -0.925. The molecule has 0 spiro atoms. The van der Waals surface area contributed by atoms with E-state index in [0.29, 0.717) is 12.1 Å². The monoisotopic (exact) mass is 239 g/mol. The van der Waals surface area contributed by atoms with Gasteiger partial charge in [-0.2, -0.15) is 5.10 Å². The lowest BCUT2D eigenvalue weighted by atomic mass is 10.00. The highest BCUT2D eigenvalue weighted by Crippen LogP contribution is 2.11. The van der Waals surface area contributed by atoms with E-state index in [2.05, 4.69) is 10.4 Å². The number of nitrogens with two attached hydrogens (primary N) is 2. The summed E-state index contributed by atoms with van der Waals surface area (Å²) in [5, 5.41) is 6.50. The molecule has 94 valence electrons. The van der Waals surface area contributed by atoms with Crippen molar-refractivity contribution in [1.29, 1.82) is 0 Å². The fourth-order valence-electron chi connectivity index (χ4n) is 1.11. The van der Waals surface area contributed by atoms with Crippen LogP contribution >= 0.6 is 0 Å². The highest BCUT2D eigenvalue weighted by molar-refractivity contribution is 5.97. The van der Waals surface area contributed by atoms with E-state index in [-0.39, 0.29) is 12.5 Å². The van der Waals surface area contributed by atoms with Crippen LogP contribution in [-0.2, 0) is 16.1 Å². The van der Waals surface area contributed by atoms with Crippen molar-refractivity contribution in [2.24, 2.45) is 11.5 Å². The molecule has 0 aliphatic carbocycles. The maximum Gasteiger partial charge on any atom is 0.244 e. The summed E-state index contributed by atoms with van der Waals surface area (Å²) in [6.45, 7) is 3.45. The van der Waals surface area contributed by atoms with Gasteiger partial charge in [-0.05, 0) is 13.3 Å². The molecule has 2 amide bonds. The Hall–Kier alpha value is -1.89. The number of hydrogen-bond donors (Lipinski definition) is 3. The van der Waals surface area contributed by atoms with Crippen LogP contribution in [0.2, 0.25) is 0 Å². The third kappa shape index (κ3) is 3.56. The van der Waals surface area contributed by atoms with Gasteiger partial charge in [-0.3, -0.25) is 14.3 Å². The summed E-state index contributed by atoms with van der Waals surface area (Å²) in [5.74, 6) is -0.790. The molecule has 0 aliphatic rings. The zero-order chi connectivity index (χ0) is 13.1. The van der Waals surface area contributed by atoms with Crippen LogP contribution in [0.1, 0.15) is 20.3 Å². The first-order valence-electron chi connectivity index (χ1n) is 5.26. The molecular formula is C10H17N5O2. The Kier molecular flexibility index (Phi) is 3.84. The van der Waals surface area contributed by atoms with E-state index in [9.17, 15) is 9.59 Å². The van der Waals surface area contributed by atoms with Gasteiger partial charge in [0.05, 0.1) is 17.4 Å². The second-order valence-electron chi connectivity index (χ2n) is 4.12. The van der Waals surface area contributed by atoms with Crippen molar-refractivity contribution < 1.29 is 9.59 Å². The number of nitrogens with zero attached hydrogens (tertiary/aromatic N) is 2. The summed E-state index contributed by atoms with van der Waals surface area (Å²) in [7, 11) is 0. The smallest absolute Gasteiger partial charge is 0.244 e. The molecular weight excluding hydrogens is 222 g/mol. The lowest BCUT2D eigenvalue weighted by Crippen LogP contribution is -2.47. The molecule has 0 aromatic carbocycles. The van der Waals surface area contributed by atoms with Gasteiger partial charge in [-0.25, -0.2) is 0 Å². The average molecular weight is 239 g/mol. The average Bonchev–Trinajstić information content (AvgIpc) is 2.64. The predicted molar refractivity (Wildman–Crippen MR) is 62.9 cm³/mol. The maximum absolute atomic E-state index is 11.7. The van der Waals surface area contributed by atoms with Gasteiger partial charge in [0, 0.05) is 6.20 Å². The van der Waals surface area contributed by atoms with Crippen molar-refractivity contribution in [1.82, 2.24) is 9.78 Å². The van der Waals surface area contributed by atoms with Crippen molar-refractivity contribution in [2.75, 3.05) is 5.32 Å². The number of carbonyl (C=O) groups is 2. The summed E-state index contributed by atoms with van der Waals surface area (Å²) in [5.41, 5.74) is 10.4. The van der Waals surface area contributed by atoms with Crippen molar-refractivity contribution in [3.8, 4) is 0 Å². The molecule has 0 bridgehead atoms. The van der Waals surface area contributed by atoms with Crippen molar-refractivity contribution in [3.63, 3.8) is 0 Å². The minimum absolute atomic E-state index is 0.0243. The third-order valence-corrected chi connectivity index (χ3v) is 2.46. The van der Waals surface area contributed by atoms with Gasteiger partial charge in [0.1, 0.15) is 6.54 Å². The molecule has 7 heteroatoms. The van der Waals surface area contributed by atoms with E-state index in [0.717, 1.165) is 0 Å². The van der Waals surface area contributed by atoms with Crippen LogP contribution in [0.25, 0.3) is 0 Å². The normalized spacial score (nSPS) is 14.1. The second kappa shape index (κ2) is 4.96. The van der Waals surface area contributed by atoms with Crippen LogP contribution in [-0.4, -0.2) is 27.1 Å². The highest BCUT2D eigenvalue weighted by atomic mass is 16.2. The largest absolute Gasteiger partial charge is 0.368 e. The fraction of sp³-hybridized carbons (Fsp3) is 0.500. The lowest BCUT2D eigenvalue weighted by molar-refractivity contribution is -0.120. The second-order valence-corrected chi connectivity index (χ2v) is 4.12. The first kappa shape index (κ1) is 13.2. The predicted octanol–water partition coefficient (Wildman–Crippen LogP) is -0.566. The summed E-state index contributed by atoms with van der Waals surface area (Å²) < 4.78 is 1.34. The molecule has 1 unspecified atom stereocenters. The zero-order valence-electron chi connectivity index (χ0n) is 9.93. The van der Waals surface area contributed by atoms with Crippen LogP contribution in [0.5, 0.6) is 0 Å². The van der Waals surface area contributed by atoms with E-state index < -0.39 is 11.4 Å². The van der Waals surface area contributed by atoms with Gasteiger partial charge >= 0.3 is 0 Å². The van der Waals surface area contributed by atoms with Crippen LogP contribution < -0.4 is 16.8 Å². The Morgan fingerprint density at radius 2 is 2.24 bits per heavy atom. The van der Waals surface area contributed by atoms with Gasteiger partial charge in [0.15, 0.2) is 0 Å². The molecule has 1 aromatic rings. The standard InChI is InChI=1S/C10H17N5O2/c1-3-10(2,12)9(17)14-7-4-13-15(5-7)6-8(11)16/h4-5H,3,6,12H2,1-2H3,(H2,11,16)(H,14,17). The summed E-state index contributed by atoms with van der Waals surface area (Å²) in [4.78, 5) is 22.4. The van der Waals surface area contributed by atoms with Crippen LogP contribution in [0.15, 0.2) is 12.4 Å². The van der Waals surface area contributed by atoms with Crippen LogP contribution in [0.3, 0.4) is 0 Å². The molecule has 1 heterocycles. The van der Waals surface area contributed by atoms with Crippen molar-refractivity contribution in [2.45, 2.75) is 32.4 Å². The Bertz CT molecular complexity index is 424. The highest BCUT2D eigenvalue weighted by Gasteiger charge is 2.26. The van der Waals surface area contributed by atoms with Crippen molar-refractivity contribution in [3.05, 3.63) is 12.4 Å². The van der Waals surface area contributed by atoms with E-state index in [4.69, 9.17) is 11.5 Å². The Morgan fingerprint density at radius 3 is 2.76 bits per heavy atom. The van der Waals surface area contributed by atoms with E-state index >= 15 is 0 Å². The molecule has 0 saturated heterocycles. The van der Waals surface area contributed by atoms with Gasteiger partial charge in [0.25, 0.3) is 0 Å². The first-order chi connectivity index (χ1) is 7.85. The molecule has 5 N–H and O–H groups in total. The molecule has 17 heavy (non-hydrogen) atoms. The van der Waals surface area contributed by atoms with Crippen molar-refractivity contribution >= 4 is 17.5 Å². The minimum Gasteiger partial charge on any atom is -0.368 e. The summed E-state index contributed by atoms with van der Waals surface area (Å²) >= 11 is 0. The lowest BCUT2D eigenvalue weighted by Gasteiger charge is -2.20. The molecule has 0 radical (unpaired) electrons. The van der Waals surface area contributed by atoms with E-state index in [1.165, 1.54) is 17.1 Å². The number of aromatic nitrogens is 2. The van der Waals surface area contributed by atoms with Crippen LogP contribution in [0.4, 0.5) is 5.69 Å². The summed E-state index contributed by atoms with van der Waals surface area (Å²) in [6, 6.07) is 0.